The first-order valence-corrected chi connectivity index (χ1v) is 7.95. The van der Waals surface area contributed by atoms with Gasteiger partial charge >= 0.3 is 0 Å². The Kier molecular flexibility index (Phi) is 3.49. The Labute approximate surface area is 129 Å². The van der Waals surface area contributed by atoms with Gasteiger partial charge in [0, 0.05) is 23.0 Å². The van der Waals surface area contributed by atoms with Crippen LogP contribution in [0, 0.1) is 0 Å². The molecule has 1 fully saturated rings. The van der Waals surface area contributed by atoms with Crippen LogP contribution in [0.5, 0.6) is 0 Å². The molecule has 0 aromatic heterocycles. The minimum absolute atomic E-state index is 0.110. The number of piperidine rings is 1. The lowest BCUT2D eigenvalue weighted by Crippen LogP contribution is -2.52. The minimum Gasteiger partial charge on any atom is -0.322 e. The maximum atomic E-state index is 12.4. The molecule has 0 saturated carbocycles. The SMILES string of the molecule is O=C1CCC(N2Cc3c(CI)cccc3C2=O)C(=O)N1. The van der Waals surface area contributed by atoms with Crippen LogP contribution < -0.4 is 5.32 Å². The molecule has 1 aromatic rings. The molecule has 2 heterocycles. The predicted octanol–water partition coefficient (Wildman–Crippen LogP) is 1.38. The van der Waals surface area contributed by atoms with Gasteiger partial charge in [-0.05, 0) is 23.6 Å². The molecule has 0 aliphatic carbocycles. The van der Waals surface area contributed by atoms with Gasteiger partial charge in [0.1, 0.15) is 6.04 Å². The summed E-state index contributed by atoms with van der Waals surface area (Å²) in [4.78, 5) is 37.1. The van der Waals surface area contributed by atoms with E-state index in [9.17, 15) is 14.4 Å². The Morgan fingerprint density at radius 2 is 2.10 bits per heavy atom. The minimum atomic E-state index is -0.533. The number of carbonyl (C=O) groups is 3. The molecule has 0 spiro atoms. The largest absolute Gasteiger partial charge is 0.322 e. The Morgan fingerprint density at radius 3 is 2.80 bits per heavy atom. The van der Waals surface area contributed by atoms with Crippen molar-refractivity contribution in [3.8, 4) is 0 Å². The number of benzene rings is 1. The maximum absolute atomic E-state index is 12.4. The highest BCUT2D eigenvalue weighted by Crippen LogP contribution is 2.30. The van der Waals surface area contributed by atoms with Crippen LogP contribution >= 0.6 is 22.6 Å². The van der Waals surface area contributed by atoms with Gasteiger partial charge in [0.15, 0.2) is 0 Å². The highest BCUT2D eigenvalue weighted by atomic mass is 127. The number of halogens is 1. The molecule has 1 N–H and O–H groups in total. The summed E-state index contributed by atoms with van der Waals surface area (Å²) in [6, 6.07) is 5.15. The van der Waals surface area contributed by atoms with Gasteiger partial charge in [0.2, 0.25) is 11.8 Å². The van der Waals surface area contributed by atoms with Crippen molar-refractivity contribution in [1.82, 2.24) is 10.2 Å². The predicted molar refractivity (Wildman–Crippen MR) is 80.2 cm³/mol. The third-order valence-corrected chi connectivity index (χ3v) is 4.64. The number of nitrogens with one attached hydrogen (secondary N) is 1. The molecular weight excluding hydrogens is 371 g/mol. The highest BCUT2D eigenvalue weighted by molar-refractivity contribution is 14.1. The average Bonchev–Trinajstić information content (AvgIpc) is 2.76. The number of alkyl halides is 1. The molecule has 5 nitrogen and oxygen atoms in total. The van der Waals surface area contributed by atoms with E-state index in [2.05, 4.69) is 27.9 Å². The van der Waals surface area contributed by atoms with E-state index in [1.54, 1.807) is 11.0 Å². The van der Waals surface area contributed by atoms with E-state index >= 15 is 0 Å². The Bertz CT molecular complexity index is 614. The summed E-state index contributed by atoms with van der Waals surface area (Å²) in [6.45, 7) is 0.458. The van der Waals surface area contributed by atoms with E-state index in [1.807, 2.05) is 12.1 Å². The molecule has 3 rings (SSSR count). The number of hydrogen-bond donors (Lipinski definition) is 1. The summed E-state index contributed by atoms with van der Waals surface area (Å²) in [5, 5.41) is 2.31. The van der Waals surface area contributed by atoms with Gasteiger partial charge < -0.3 is 4.90 Å². The monoisotopic (exact) mass is 384 g/mol. The first-order chi connectivity index (χ1) is 9.61. The van der Waals surface area contributed by atoms with Crippen LogP contribution in [0.15, 0.2) is 18.2 Å². The lowest BCUT2D eigenvalue weighted by atomic mass is 10.0. The number of rotatable bonds is 2. The van der Waals surface area contributed by atoms with Gasteiger partial charge in [-0.25, -0.2) is 0 Å². The standard InChI is InChI=1S/C14H13IN2O3/c15-6-8-2-1-3-9-10(8)7-17(14(9)20)11-4-5-12(18)16-13(11)19/h1-3,11H,4-7H2,(H,16,18,19). The lowest BCUT2D eigenvalue weighted by Gasteiger charge is -2.29. The molecule has 3 amide bonds. The molecule has 0 bridgehead atoms. The molecule has 104 valence electrons. The maximum Gasteiger partial charge on any atom is 0.255 e. The molecule has 6 heteroatoms. The molecule has 0 radical (unpaired) electrons. The number of carbonyl (C=O) groups excluding carboxylic acids is 3. The van der Waals surface area contributed by atoms with Crippen LogP contribution in [0.25, 0.3) is 0 Å². The fourth-order valence-electron chi connectivity index (χ4n) is 2.78. The van der Waals surface area contributed by atoms with Crippen molar-refractivity contribution in [1.29, 1.82) is 0 Å². The summed E-state index contributed by atoms with van der Waals surface area (Å²) in [6.07, 6.45) is 0.694. The molecular formula is C14H13IN2O3. The van der Waals surface area contributed by atoms with E-state index in [-0.39, 0.29) is 24.1 Å². The topological polar surface area (TPSA) is 66.5 Å². The first kappa shape index (κ1) is 13.5. The van der Waals surface area contributed by atoms with E-state index in [0.717, 1.165) is 15.6 Å². The third kappa shape index (κ3) is 2.11. The molecule has 1 unspecified atom stereocenters. The van der Waals surface area contributed by atoms with Gasteiger partial charge in [0.25, 0.3) is 5.91 Å². The zero-order chi connectivity index (χ0) is 14.3. The van der Waals surface area contributed by atoms with E-state index < -0.39 is 6.04 Å². The van der Waals surface area contributed by atoms with Crippen LogP contribution in [0.1, 0.15) is 34.3 Å². The van der Waals surface area contributed by atoms with Crippen molar-refractivity contribution in [2.75, 3.05) is 0 Å². The van der Waals surface area contributed by atoms with Crippen molar-refractivity contribution in [3.63, 3.8) is 0 Å². The Morgan fingerprint density at radius 1 is 1.30 bits per heavy atom. The summed E-state index contributed by atoms with van der Waals surface area (Å²) in [7, 11) is 0. The summed E-state index contributed by atoms with van der Waals surface area (Å²) in [5.41, 5.74) is 2.83. The van der Waals surface area contributed by atoms with E-state index in [4.69, 9.17) is 0 Å². The molecule has 1 aromatic carbocycles. The normalized spacial score (nSPS) is 21.9. The van der Waals surface area contributed by atoms with Crippen LogP contribution in [-0.2, 0) is 20.6 Å². The van der Waals surface area contributed by atoms with Crippen molar-refractivity contribution >= 4 is 40.3 Å². The van der Waals surface area contributed by atoms with Gasteiger partial charge in [-0.3, -0.25) is 19.7 Å². The average molecular weight is 384 g/mol. The Hall–Kier alpha value is -1.44. The fourth-order valence-corrected chi connectivity index (χ4v) is 3.49. The van der Waals surface area contributed by atoms with Crippen LogP contribution in [0.2, 0.25) is 0 Å². The molecule has 1 saturated heterocycles. The van der Waals surface area contributed by atoms with Gasteiger partial charge in [-0.15, -0.1) is 0 Å². The second-order valence-electron chi connectivity index (χ2n) is 4.98. The summed E-state index contributed by atoms with van der Waals surface area (Å²) < 4.78 is 0.831. The summed E-state index contributed by atoms with van der Waals surface area (Å²) >= 11 is 2.27. The smallest absolute Gasteiger partial charge is 0.255 e. The van der Waals surface area contributed by atoms with Crippen molar-refractivity contribution in [3.05, 3.63) is 34.9 Å². The number of hydrogen-bond acceptors (Lipinski definition) is 3. The fraction of sp³-hybridized carbons (Fsp3) is 0.357. The first-order valence-electron chi connectivity index (χ1n) is 6.43. The summed E-state index contributed by atoms with van der Waals surface area (Å²) in [5.74, 6) is -0.733. The van der Waals surface area contributed by atoms with Gasteiger partial charge in [-0.1, -0.05) is 34.7 Å². The van der Waals surface area contributed by atoms with Crippen LogP contribution in [0.4, 0.5) is 0 Å². The number of fused-ring (bicyclic) bond motifs is 1. The van der Waals surface area contributed by atoms with Crippen molar-refractivity contribution in [2.24, 2.45) is 0 Å². The zero-order valence-electron chi connectivity index (χ0n) is 10.7. The highest BCUT2D eigenvalue weighted by Gasteiger charge is 2.39. The molecule has 2 aliphatic rings. The second-order valence-corrected chi connectivity index (χ2v) is 5.74. The van der Waals surface area contributed by atoms with Crippen molar-refractivity contribution < 1.29 is 14.4 Å². The van der Waals surface area contributed by atoms with Crippen LogP contribution in [0.3, 0.4) is 0 Å². The number of nitrogens with zero attached hydrogens (tertiary/aromatic N) is 1. The second kappa shape index (κ2) is 5.16. The number of amides is 3. The molecule has 1 atom stereocenters. The zero-order valence-corrected chi connectivity index (χ0v) is 12.8. The molecule has 20 heavy (non-hydrogen) atoms. The van der Waals surface area contributed by atoms with Crippen molar-refractivity contribution in [2.45, 2.75) is 29.9 Å². The van der Waals surface area contributed by atoms with Crippen LogP contribution in [-0.4, -0.2) is 28.7 Å². The third-order valence-electron chi connectivity index (χ3n) is 3.82. The molecule has 2 aliphatic heterocycles. The van der Waals surface area contributed by atoms with Gasteiger partial charge in [0.05, 0.1) is 0 Å². The van der Waals surface area contributed by atoms with E-state index in [0.29, 0.717) is 18.5 Å². The lowest BCUT2D eigenvalue weighted by molar-refractivity contribution is -0.136. The quantitative estimate of drug-likeness (QED) is 0.476. The number of imide groups is 1. The van der Waals surface area contributed by atoms with E-state index in [1.165, 1.54) is 0 Å². The Balaban J connectivity index is 1.90. The van der Waals surface area contributed by atoms with Gasteiger partial charge in [-0.2, -0.15) is 0 Å².